The molecule has 15 heavy (non-hydrogen) atoms. The van der Waals surface area contributed by atoms with Gasteiger partial charge in [-0.2, -0.15) is 0 Å². The van der Waals surface area contributed by atoms with Gasteiger partial charge in [0.05, 0.1) is 5.69 Å². The number of carboxylic acid groups (broad SMARTS) is 1. The van der Waals surface area contributed by atoms with E-state index in [1.807, 2.05) is 12.1 Å². The zero-order valence-electron chi connectivity index (χ0n) is 7.79. The topological polar surface area (TPSA) is 62.0 Å². The predicted molar refractivity (Wildman–Crippen MR) is 57.9 cm³/mol. The van der Waals surface area contributed by atoms with Gasteiger partial charge in [0.2, 0.25) is 0 Å². The summed E-state index contributed by atoms with van der Waals surface area (Å²) >= 11 is 0. The third-order valence-electron chi connectivity index (χ3n) is 1.93. The molecule has 0 atom stereocenters. The first-order chi connectivity index (χ1) is 7.27. The van der Waals surface area contributed by atoms with Crippen LogP contribution in [0.2, 0.25) is 0 Å². The summed E-state index contributed by atoms with van der Waals surface area (Å²) in [5.74, 6) is -1.06. The first kappa shape index (κ1) is 9.33. The zero-order chi connectivity index (χ0) is 10.7. The Morgan fingerprint density at radius 3 is 2.87 bits per heavy atom. The van der Waals surface area contributed by atoms with E-state index in [2.05, 4.69) is 9.98 Å². The fourth-order valence-corrected chi connectivity index (χ4v) is 1.22. The van der Waals surface area contributed by atoms with E-state index < -0.39 is 5.97 Å². The molecule has 0 saturated carbocycles. The third kappa shape index (κ3) is 1.99. The van der Waals surface area contributed by atoms with Gasteiger partial charge in [0, 0.05) is 18.0 Å². The molecule has 1 aromatic rings. The number of nitrogens with zero attached hydrogens (tertiary/aromatic N) is 2. The van der Waals surface area contributed by atoms with Crippen molar-refractivity contribution in [3.05, 3.63) is 42.1 Å². The van der Waals surface area contributed by atoms with Crippen molar-refractivity contribution in [2.24, 2.45) is 9.98 Å². The van der Waals surface area contributed by atoms with Crippen LogP contribution in [0.5, 0.6) is 0 Å². The van der Waals surface area contributed by atoms with E-state index in [9.17, 15) is 4.79 Å². The van der Waals surface area contributed by atoms with E-state index in [0.29, 0.717) is 5.69 Å². The lowest BCUT2D eigenvalue weighted by Gasteiger charge is -2.02. The maximum Gasteiger partial charge on any atom is 0.354 e. The fourth-order valence-electron chi connectivity index (χ4n) is 1.22. The second kappa shape index (κ2) is 3.88. The molecule has 0 aromatic heterocycles. The number of para-hydroxylation sites is 1. The van der Waals surface area contributed by atoms with E-state index >= 15 is 0 Å². The highest BCUT2D eigenvalue weighted by atomic mass is 16.4. The second-order valence-electron chi connectivity index (χ2n) is 2.95. The van der Waals surface area contributed by atoms with Crippen LogP contribution in [0.25, 0.3) is 0 Å². The van der Waals surface area contributed by atoms with E-state index in [1.54, 1.807) is 18.3 Å². The van der Waals surface area contributed by atoms with Crippen LogP contribution in [-0.2, 0) is 4.79 Å². The van der Waals surface area contributed by atoms with Crippen LogP contribution in [0.15, 0.2) is 46.5 Å². The number of aliphatic carboxylic acids is 1. The second-order valence-corrected chi connectivity index (χ2v) is 2.95. The van der Waals surface area contributed by atoms with Crippen LogP contribution in [0, 0.1) is 0 Å². The minimum atomic E-state index is -1.06. The summed E-state index contributed by atoms with van der Waals surface area (Å²) in [5, 5.41) is 8.85. The lowest BCUT2D eigenvalue weighted by molar-refractivity contribution is -0.129. The summed E-state index contributed by atoms with van der Waals surface area (Å²) in [6, 6.07) is 7.25. The van der Waals surface area contributed by atoms with E-state index in [4.69, 9.17) is 5.11 Å². The van der Waals surface area contributed by atoms with Crippen LogP contribution in [0.3, 0.4) is 0 Å². The molecule has 0 amide bonds. The molecule has 4 nitrogen and oxygen atoms in total. The molecule has 0 unspecified atom stereocenters. The Balaban J connectivity index is 2.56. The van der Waals surface area contributed by atoms with Gasteiger partial charge in [-0.05, 0) is 12.1 Å². The molecule has 0 bridgehead atoms. The average Bonchev–Trinajstić information content (AvgIpc) is 2.18. The molecule has 0 saturated heterocycles. The summed E-state index contributed by atoms with van der Waals surface area (Å²) in [6.07, 6.45) is 4.44. The Hall–Kier alpha value is -2.23. The normalized spacial score (nSPS) is 13.7. The smallest absolute Gasteiger partial charge is 0.354 e. The van der Waals surface area contributed by atoms with Crippen molar-refractivity contribution < 1.29 is 9.90 Å². The van der Waals surface area contributed by atoms with Crippen molar-refractivity contribution in [3.8, 4) is 0 Å². The highest BCUT2D eigenvalue weighted by Gasteiger charge is 2.08. The molecule has 2 rings (SSSR count). The number of aliphatic imine (C=N–C) groups is 2. The van der Waals surface area contributed by atoms with Crippen molar-refractivity contribution in [1.29, 1.82) is 0 Å². The molecule has 1 heterocycles. The highest BCUT2D eigenvalue weighted by Crippen LogP contribution is 2.18. The number of carboxylic acids is 1. The quantitative estimate of drug-likeness (QED) is 0.751. The molecule has 1 aliphatic rings. The van der Waals surface area contributed by atoms with Crippen LogP contribution >= 0.6 is 0 Å². The molecule has 0 aliphatic carbocycles. The molecule has 0 spiro atoms. The first-order valence-electron chi connectivity index (χ1n) is 4.38. The Labute approximate surface area is 86.3 Å². The summed E-state index contributed by atoms with van der Waals surface area (Å²) in [5.41, 5.74) is 1.41. The minimum absolute atomic E-state index is 0.0145. The van der Waals surface area contributed by atoms with Crippen LogP contribution in [-0.4, -0.2) is 23.0 Å². The monoisotopic (exact) mass is 200 g/mol. The molecule has 4 heteroatoms. The van der Waals surface area contributed by atoms with Crippen molar-refractivity contribution in [2.45, 2.75) is 0 Å². The zero-order valence-corrected chi connectivity index (χ0v) is 7.79. The Bertz CT molecular complexity index is 487. The van der Waals surface area contributed by atoms with Crippen molar-refractivity contribution in [3.63, 3.8) is 0 Å². The molecule has 0 radical (unpaired) electrons. The maximum atomic E-state index is 10.8. The Morgan fingerprint density at radius 2 is 2.07 bits per heavy atom. The van der Waals surface area contributed by atoms with Crippen LogP contribution in [0.4, 0.5) is 5.69 Å². The predicted octanol–water partition coefficient (Wildman–Crippen LogP) is 1.79. The highest BCUT2D eigenvalue weighted by molar-refractivity contribution is 6.41. The van der Waals surface area contributed by atoms with E-state index in [-0.39, 0.29) is 5.71 Å². The van der Waals surface area contributed by atoms with Gasteiger partial charge in [-0.3, -0.25) is 4.99 Å². The van der Waals surface area contributed by atoms with Gasteiger partial charge >= 0.3 is 5.97 Å². The van der Waals surface area contributed by atoms with Crippen molar-refractivity contribution >= 4 is 23.6 Å². The van der Waals surface area contributed by atoms with Gasteiger partial charge < -0.3 is 5.11 Å². The molecule has 0 fully saturated rings. The van der Waals surface area contributed by atoms with Gasteiger partial charge in [-0.15, -0.1) is 0 Å². The standard InChI is InChI=1S/C11H8N2O2/c14-11(15)10-5-6-12-7-8-3-1-2-4-9(8)13-10/h1-7H,(H,14,15). The Morgan fingerprint density at radius 1 is 1.27 bits per heavy atom. The van der Waals surface area contributed by atoms with Crippen molar-refractivity contribution in [1.82, 2.24) is 0 Å². The first-order valence-corrected chi connectivity index (χ1v) is 4.38. The summed E-state index contributed by atoms with van der Waals surface area (Å²) in [6.45, 7) is 0. The lowest BCUT2D eigenvalue weighted by Crippen LogP contribution is -2.09. The van der Waals surface area contributed by atoms with Crippen LogP contribution in [0.1, 0.15) is 5.56 Å². The summed E-state index contributed by atoms with van der Waals surface area (Å²) in [4.78, 5) is 18.8. The molecule has 74 valence electrons. The molecule has 1 aromatic carbocycles. The maximum absolute atomic E-state index is 10.8. The van der Waals surface area contributed by atoms with Gasteiger partial charge in [0.25, 0.3) is 0 Å². The third-order valence-corrected chi connectivity index (χ3v) is 1.93. The molecular formula is C11H8N2O2. The van der Waals surface area contributed by atoms with E-state index in [0.717, 1.165) is 5.56 Å². The van der Waals surface area contributed by atoms with Gasteiger partial charge in [0.15, 0.2) is 0 Å². The molecular weight excluding hydrogens is 192 g/mol. The largest absolute Gasteiger partial charge is 0.477 e. The van der Waals surface area contributed by atoms with Gasteiger partial charge in [-0.25, -0.2) is 9.79 Å². The van der Waals surface area contributed by atoms with Gasteiger partial charge in [0.1, 0.15) is 5.71 Å². The Kier molecular flexibility index (Phi) is 2.41. The van der Waals surface area contributed by atoms with Crippen molar-refractivity contribution in [2.75, 3.05) is 0 Å². The summed E-state index contributed by atoms with van der Waals surface area (Å²) in [7, 11) is 0. The SMILES string of the molecule is O=C(O)C1=Nc2ccccc2C=NC=C1. The summed E-state index contributed by atoms with van der Waals surface area (Å²) < 4.78 is 0. The fraction of sp³-hybridized carbons (Fsp3) is 0. The number of rotatable bonds is 1. The molecule has 1 N–H and O–H groups in total. The number of hydrogen-bond donors (Lipinski definition) is 1. The van der Waals surface area contributed by atoms with Crippen LogP contribution < -0.4 is 0 Å². The minimum Gasteiger partial charge on any atom is -0.477 e. The lowest BCUT2D eigenvalue weighted by atomic mass is 10.2. The average molecular weight is 200 g/mol. The van der Waals surface area contributed by atoms with Gasteiger partial charge in [-0.1, -0.05) is 18.2 Å². The molecule has 1 aliphatic heterocycles. The number of carbonyl (C=O) groups is 1. The van der Waals surface area contributed by atoms with E-state index in [1.165, 1.54) is 12.3 Å². The number of fused-ring (bicyclic) bond motifs is 1. The number of hydrogen-bond acceptors (Lipinski definition) is 3. The number of benzene rings is 1.